The molecule has 0 radical (unpaired) electrons. The van der Waals surface area contributed by atoms with Gasteiger partial charge in [-0.15, -0.1) is 0 Å². The first-order valence-corrected chi connectivity index (χ1v) is 7.38. The van der Waals surface area contributed by atoms with Crippen molar-refractivity contribution in [3.05, 3.63) is 59.1 Å². The third kappa shape index (κ3) is 3.00. The summed E-state index contributed by atoms with van der Waals surface area (Å²) in [7, 11) is 0. The van der Waals surface area contributed by atoms with Crippen LogP contribution < -0.4 is 5.32 Å². The first-order chi connectivity index (χ1) is 11.1. The predicted molar refractivity (Wildman–Crippen MR) is 86.9 cm³/mol. The van der Waals surface area contributed by atoms with Crippen molar-refractivity contribution in [2.45, 2.75) is 6.92 Å². The number of para-hydroxylation sites is 1. The van der Waals surface area contributed by atoms with E-state index in [0.29, 0.717) is 17.0 Å². The molecule has 0 saturated carbocycles. The van der Waals surface area contributed by atoms with Gasteiger partial charge in [-0.05, 0) is 37.3 Å². The third-order valence-electron chi connectivity index (χ3n) is 3.25. The van der Waals surface area contributed by atoms with E-state index in [1.165, 1.54) is 18.2 Å². The van der Waals surface area contributed by atoms with Crippen molar-refractivity contribution in [3.63, 3.8) is 0 Å². The largest absolute Gasteiger partial charge is 0.460 e. The summed E-state index contributed by atoms with van der Waals surface area (Å²) < 4.78 is 23.9. The molecule has 2 aromatic carbocycles. The van der Waals surface area contributed by atoms with Crippen LogP contribution >= 0.6 is 11.6 Å². The summed E-state index contributed by atoms with van der Waals surface area (Å²) >= 11 is 5.79. The Labute approximate surface area is 136 Å². The number of hydrogen-bond acceptors (Lipinski definition) is 4. The topological polar surface area (TPSA) is 51.5 Å². The molecule has 118 valence electrons. The summed E-state index contributed by atoms with van der Waals surface area (Å²) in [4.78, 5) is 12.1. The molecule has 0 amide bonds. The molecule has 1 N–H and O–H groups in total. The summed E-state index contributed by atoms with van der Waals surface area (Å²) in [5.74, 6) is -1.02. The minimum Gasteiger partial charge on any atom is -0.460 e. The molecule has 4 nitrogen and oxygen atoms in total. The number of carbonyl (C=O) groups is 1. The van der Waals surface area contributed by atoms with E-state index in [-0.39, 0.29) is 17.4 Å². The maximum atomic E-state index is 13.3. The van der Waals surface area contributed by atoms with E-state index < -0.39 is 11.8 Å². The number of carbonyl (C=O) groups excluding carboxylic acids is 1. The second-order valence-corrected chi connectivity index (χ2v) is 5.18. The van der Waals surface area contributed by atoms with Gasteiger partial charge in [0.2, 0.25) is 5.76 Å². The number of ether oxygens (including phenoxy) is 1. The lowest BCUT2D eigenvalue weighted by atomic mass is 10.2. The fourth-order valence-corrected chi connectivity index (χ4v) is 2.41. The molecule has 1 heterocycles. The molecule has 0 aliphatic carbocycles. The van der Waals surface area contributed by atoms with Crippen LogP contribution in [0.2, 0.25) is 5.02 Å². The predicted octanol–water partition coefficient (Wildman–Crippen LogP) is 5.15. The molecule has 0 saturated heterocycles. The van der Waals surface area contributed by atoms with Gasteiger partial charge in [0.25, 0.3) is 0 Å². The lowest BCUT2D eigenvalue weighted by Crippen LogP contribution is -2.06. The maximum absolute atomic E-state index is 13.3. The van der Waals surface area contributed by atoms with Gasteiger partial charge in [-0.1, -0.05) is 23.7 Å². The Kier molecular flexibility index (Phi) is 4.21. The van der Waals surface area contributed by atoms with Gasteiger partial charge in [0.15, 0.2) is 0 Å². The van der Waals surface area contributed by atoms with Crippen LogP contribution in [0.25, 0.3) is 11.0 Å². The zero-order valence-corrected chi connectivity index (χ0v) is 13.0. The number of anilines is 2. The van der Waals surface area contributed by atoms with Crippen LogP contribution in [0.15, 0.2) is 46.9 Å². The summed E-state index contributed by atoms with van der Waals surface area (Å²) in [6, 6.07) is 11.4. The van der Waals surface area contributed by atoms with Gasteiger partial charge < -0.3 is 14.5 Å². The first-order valence-electron chi connectivity index (χ1n) is 7.01. The van der Waals surface area contributed by atoms with Gasteiger partial charge >= 0.3 is 5.97 Å². The Bertz CT molecular complexity index is 875. The van der Waals surface area contributed by atoms with Crippen molar-refractivity contribution in [2.24, 2.45) is 0 Å². The molecule has 0 atom stereocenters. The molecule has 23 heavy (non-hydrogen) atoms. The molecule has 0 unspecified atom stereocenters. The second kappa shape index (κ2) is 6.30. The van der Waals surface area contributed by atoms with Crippen molar-refractivity contribution in [1.29, 1.82) is 0 Å². The van der Waals surface area contributed by atoms with Crippen LogP contribution in [0.4, 0.5) is 15.8 Å². The molecule has 6 heteroatoms. The van der Waals surface area contributed by atoms with Crippen LogP contribution in [0.3, 0.4) is 0 Å². The van der Waals surface area contributed by atoms with E-state index in [2.05, 4.69) is 5.32 Å². The quantitative estimate of drug-likeness (QED) is 0.671. The molecule has 3 aromatic rings. The lowest BCUT2D eigenvalue weighted by Gasteiger charge is -2.07. The third-order valence-corrected chi connectivity index (χ3v) is 3.53. The highest BCUT2D eigenvalue weighted by Gasteiger charge is 2.22. The Morgan fingerprint density at radius 1 is 1.30 bits per heavy atom. The molecular weight excluding hydrogens is 321 g/mol. The van der Waals surface area contributed by atoms with Gasteiger partial charge in [0.1, 0.15) is 17.1 Å². The van der Waals surface area contributed by atoms with Crippen LogP contribution in [0.5, 0.6) is 0 Å². The van der Waals surface area contributed by atoms with E-state index in [1.54, 1.807) is 19.1 Å². The summed E-state index contributed by atoms with van der Waals surface area (Å²) in [6.07, 6.45) is 0. The smallest absolute Gasteiger partial charge is 0.376 e. The van der Waals surface area contributed by atoms with Gasteiger partial charge in [0, 0.05) is 11.1 Å². The van der Waals surface area contributed by atoms with Gasteiger partial charge in [-0.3, -0.25) is 0 Å². The fourth-order valence-electron chi connectivity index (χ4n) is 2.23. The number of esters is 1. The van der Waals surface area contributed by atoms with Crippen LogP contribution in [0.1, 0.15) is 17.5 Å². The average Bonchev–Trinajstić information content (AvgIpc) is 2.90. The zero-order valence-electron chi connectivity index (χ0n) is 12.2. The van der Waals surface area contributed by atoms with E-state index in [0.717, 1.165) is 5.39 Å². The van der Waals surface area contributed by atoms with E-state index in [1.807, 2.05) is 12.1 Å². The number of benzene rings is 2. The summed E-state index contributed by atoms with van der Waals surface area (Å²) in [5.41, 5.74) is 1.54. The Morgan fingerprint density at radius 3 is 2.83 bits per heavy atom. The summed E-state index contributed by atoms with van der Waals surface area (Å²) in [5, 5.41) is 3.76. The van der Waals surface area contributed by atoms with E-state index in [4.69, 9.17) is 20.8 Å². The van der Waals surface area contributed by atoms with Gasteiger partial charge in [0.05, 0.1) is 11.6 Å². The van der Waals surface area contributed by atoms with Crippen molar-refractivity contribution < 1.29 is 18.3 Å². The highest BCUT2D eigenvalue weighted by molar-refractivity contribution is 6.31. The van der Waals surface area contributed by atoms with Gasteiger partial charge in [-0.2, -0.15) is 0 Å². The molecule has 3 rings (SSSR count). The number of fused-ring (bicyclic) bond motifs is 1. The minimum absolute atomic E-state index is 0.0134. The molecule has 0 aliphatic rings. The maximum Gasteiger partial charge on any atom is 0.376 e. The highest BCUT2D eigenvalue weighted by atomic mass is 35.5. The van der Waals surface area contributed by atoms with Crippen molar-refractivity contribution in [2.75, 3.05) is 11.9 Å². The molecule has 0 fully saturated rings. The molecular formula is C17H13ClFNO3. The number of furan rings is 1. The number of nitrogens with one attached hydrogen (secondary N) is 1. The number of halogens is 2. The van der Waals surface area contributed by atoms with Crippen LogP contribution in [0, 0.1) is 5.82 Å². The SMILES string of the molecule is CCOC(=O)c1oc2ccccc2c1Nc1ccc(F)c(Cl)c1. The van der Waals surface area contributed by atoms with Crippen LogP contribution in [-0.4, -0.2) is 12.6 Å². The first kappa shape index (κ1) is 15.4. The van der Waals surface area contributed by atoms with Crippen molar-refractivity contribution in [3.8, 4) is 0 Å². The zero-order chi connectivity index (χ0) is 16.4. The van der Waals surface area contributed by atoms with E-state index in [9.17, 15) is 9.18 Å². The number of rotatable bonds is 4. The second-order valence-electron chi connectivity index (χ2n) is 4.78. The average molecular weight is 334 g/mol. The van der Waals surface area contributed by atoms with Gasteiger partial charge in [-0.25, -0.2) is 9.18 Å². The Morgan fingerprint density at radius 2 is 2.09 bits per heavy atom. The Balaban J connectivity index is 2.08. The number of hydrogen-bond donors (Lipinski definition) is 1. The molecule has 0 bridgehead atoms. The monoisotopic (exact) mass is 333 g/mol. The molecule has 1 aromatic heterocycles. The highest BCUT2D eigenvalue weighted by Crippen LogP contribution is 2.34. The fraction of sp³-hybridized carbons (Fsp3) is 0.118. The van der Waals surface area contributed by atoms with Crippen molar-refractivity contribution in [1.82, 2.24) is 0 Å². The Hall–Kier alpha value is -2.53. The minimum atomic E-state index is -0.570. The standard InChI is InChI=1S/C17H13ClFNO3/c1-2-22-17(21)16-15(11-5-3-4-6-14(11)23-16)20-10-7-8-13(19)12(18)9-10/h3-9,20H,2H2,1H3. The van der Waals surface area contributed by atoms with E-state index >= 15 is 0 Å². The lowest BCUT2D eigenvalue weighted by molar-refractivity contribution is 0.0494. The van der Waals surface area contributed by atoms with Crippen molar-refractivity contribution >= 4 is 39.9 Å². The molecule has 0 aliphatic heterocycles. The van der Waals surface area contributed by atoms with Crippen LogP contribution in [-0.2, 0) is 4.74 Å². The molecule has 0 spiro atoms. The normalized spacial score (nSPS) is 10.7. The summed E-state index contributed by atoms with van der Waals surface area (Å²) in [6.45, 7) is 1.95.